The fraction of sp³-hybridized carbons (Fsp3) is 0.375. The lowest BCUT2D eigenvalue weighted by Crippen LogP contribution is -2.61. The van der Waals surface area contributed by atoms with E-state index < -0.39 is 27.7 Å². The molecule has 0 aromatic carbocycles. The third kappa shape index (κ3) is 2.65. The first-order valence-electron chi connectivity index (χ1n) is 4.38. The molecule has 0 bridgehead atoms. The molecule has 0 saturated carbocycles. The highest BCUT2D eigenvalue weighted by atomic mass is 32.2. The second-order valence-corrected chi connectivity index (χ2v) is 6.32. The second-order valence-electron chi connectivity index (χ2n) is 3.47. The quantitative estimate of drug-likeness (QED) is 0.881. The fourth-order valence-electron chi connectivity index (χ4n) is 0.958. The molecule has 18 heavy (non-hydrogen) atoms. The number of hydrogen-bond acceptors (Lipinski definition) is 4. The van der Waals surface area contributed by atoms with Crippen molar-refractivity contribution in [3.63, 3.8) is 0 Å². The van der Waals surface area contributed by atoms with Gasteiger partial charge in [0.2, 0.25) is 5.54 Å². The summed E-state index contributed by atoms with van der Waals surface area (Å²) in [4.78, 5) is 10.7. The lowest BCUT2D eigenvalue weighted by atomic mass is 10.0. The molecule has 2 N–H and O–H groups in total. The first-order chi connectivity index (χ1) is 8.01. The molecule has 0 aliphatic carbocycles. The summed E-state index contributed by atoms with van der Waals surface area (Å²) in [6, 6.07) is 2.40. The number of hydrogen-bond donors (Lipinski definition) is 2. The highest BCUT2D eigenvalue weighted by molar-refractivity contribution is 7.91. The highest BCUT2D eigenvalue weighted by Gasteiger charge is 2.59. The monoisotopic (exact) mass is 303 g/mol. The molecule has 10 heteroatoms. The molecule has 0 spiro atoms. The Kier molecular flexibility index (Phi) is 3.75. The maximum absolute atomic E-state index is 12.6. The van der Waals surface area contributed by atoms with Crippen molar-refractivity contribution in [2.45, 2.75) is 22.8 Å². The van der Waals surface area contributed by atoms with Gasteiger partial charge in [0.25, 0.3) is 10.0 Å². The van der Waals surface area contributed by atoms with E-state index in [4.69, 9.17) is 5.11 Å². The Bertz CT molecular complexity index is 537. The molecule has 1 heterocycles. The van der Waals surface area contributed by atoms with Gasteiger partial charge < -0.3 is 5.11 Å². The topological polar surface area (TPSA) is 83.5 Å². The van der Waals surface area contributed by atoms with Gasteiger partial charge in [0.05, 0.1) is 0 Å². The van der Waals surface area contributed by atoms with Gasteiger partial charge in [0, 0.05) is 0 Å². The Labute approximate surface area is 104 Å². The van der Waals surface area contributed by atoms with Gasteiger partial charge in [-0.25, -0.2) is 13.2 Å². The molecule has 0 fully saturated rings. The number of carboxylic acids is 1. The molecular formula is C8H8F3NO4S2. The van der Waals surface area contributed by atoms with E-state index in [0.717, 1.165) is 6.07 Å². The van der Waals surface area contributed by atoms with E-state index in [0.29, 0.717) is 11.3 Å². The summed E-state index contributed by atoms with van der Waals surface area (Å²) < 4.78 is 61.8. The predicted octanol–water partition coefficient (Wildman–Crippen LogP) is 1.43. The standard InChI is InChI=1S/C8H8F3NO4S2/c1-7(6(13)14,8(9,10)11)12-18(15,16)5-3-2-4-17-5/h2-4,12H,1H3,(H,13,14). The largest absolute Gasteiger partial charge is 0.480 e. The molecule has 1 unspecified atom stereocenters. The van der Waals surface area contributed by atoms with E-state index in [1.165, 1.54) is 16.2 Å². The summed E-state index contributed by atoms with van der Waals surface area (Å²) in [5.74, 6) is -2.32. The lowest BCUT2D eigenvalue weighted by molar-refractivity contribution is -0.201. The zero-order valence-corrected chi connectivity index (χ0v) is 10.5. The van der Waals surface area contributed by atoms with Crippen molar-refractivity contribution in [1.82, 2.24) is 4.72 Å². The Morgan fingerprint density at radius 1 is 1.44 bits per heavy atom. The molecular weight excluding hydrogens is 295 g/mol. The van der Waals surface area contributed by atoms with Gasteiger partial charge in [-0.15, -0.1) is 11.3 Å². The molecule has 1 atom stereocenters. The number of sulfonamides is 1. The van der Waals surface area contributed by atoms with Gasteiger partial charge >= 0.3 is 12.1 Å². The van der Waals surface area contributed by atoms with Gasteiger partial charge in [0.1, 0.15) is 4.21 Å². The number of carboxylic acid groups (broad SMARTS) is 1. The van der Waals surface area contributed by atoms with Crippen LogP contribution in [0.4, 0.5) is 13.2 Å². The van der Waals surface area contributed by atoms with Crippen molar-refractivity contribution in [2.75, 3.05) is 0 Å². The second kappa shape index (κ2) is 4.52. The van der Waals surface area contributed by atoms with Crippen LogP contribution in [0.5, 0.6) is 0 Å². The van der Waals surface area contributed by atoms with Crippen LogP contribution in [0.3, 0.4) is 0 Å². The van der Waals surface area contributed by atoms with Crippen LogP contribution in [0, 0.1) is 0 Å². The Morgan fingerprint density at radius 3 is 2.33 bits per heavy atom. The van der Waals surface area contributed by atoms with E-state index in [-0.39, 0.29) is 11.1 Å². The number of nitrogens with one attached hydrogen (secondary N) is 1. The number of carbonyl (C=O) groups is 1. The summed E-state index contributed by atoms with van der Waals surface area (Å²) >= 11 is 0.682. The summed E-state index contributed by atoms with van der Waals surface area (Å²) in [7, 11) is -4.54. The van der Waals surface area contributed by atoms with Crippen molar-refractivity contribution in [2.24, 2.45) is 0 Å². The molecule has 0 amide bonds. The van der Waals surface area contributed by atoms with Crippen LogP contribution in [0.25, 0.3) is 0 Å². The Balaban J connectivity index is 3.19. The lowest BCUT2D eigenvalue weighted by Gasteiger charge is -2.27. The fourth-order valence-corrected chi connectivity index (χ4v) is 3.30. The van der Waals surface area contributed by atoms with Crippen LogP contribution >= 0.6 is 11.3 Å². The minimum Gasteiger partial charge on any atom is -0.480 e. The minimum atomic E-state index is -5.26. The van der Waals surface area contributed by atoms with Crippen LogP contribution < -0.4 is 4.72 Å². The summed E-state index contributed by atoms with van der Waals surface area (Å²) in [6.45, 7) is 0.250. The molecule has 1 aromatic heterocycles. The third-order valence-corrected chi connectivity index (χ3v) is 5.04. The first-order valence-corrected chi connectivity index (χ1v) is 6.74. The average Bonchev–Trinajstić information content (AvgIpc) is 2.67. The number of rotatable bonds is 4. The summed E-state index contributed by atoms with van der Waals surface area (Å²) in [6.07, 6.45) is -5.26. The van der Waals surface area contributed by atoms with Gasteiger partial charge in [-0.1, -0.05) is 6.07 Å². The van der Waals surface area contributed by atoms with Crippen molar-refractivity contribution in [3.8, 4) is 0 Å². The van der Waals surface area contributed by atoms with Crippen molar-refractivity contribution >= 4 is 27.3 Å². The van der Waals surface area contributed by atoms with Crippen LogP contribution in [-0.2, 0) is 14.8 Å². The normalized spacial score (nSPS) is 16.2. The minimum absolute atomic E-state index is 0.250. The molecule has 1 aromatic rings. The van der Waals surface area contributed by atoms with Gasteiger partial charge in [-0.3, -0.25) is 0 Å². The van der Waals surface area contributed by atoms with E-state index in [9.17, 15) is 26.4 Å². The van der Waals surface area contributed by atoms with Crippen molar-refractivity contribution < 1.29 is 31.5 Å². The number of alkyl halides is 3. The van der Waals surface area contributed by atoms with Crippen LogP contribution in [0.1, 0.15) is 6.92 Å². The third-order valence-electron chi connectivity index (χ3n) is 2.09. The van der Waals surface area contributed by atoms with Crippen LogP contribution in [-0.4, -0.2) is 31.2 Å². The summed E-state index contributed by atoms with van der Waals surface area (Å²) in [5.41, 5.74) is -3.57. The van der Waals surface area contributed by atoms with E-state index in [1.807, 2.05) is 0 Å². The van der Waals surface area contributed by atoms with Gasteiger partial charge in [-0.05, 0) is 18.4 Å². The number of halogens is 3. The highest BCUT2D eigenvalue weighted by Crippen LogP contribution is 2.32. The molecule has 102 valence electrons. The predicted molar refractivity (Wildman–Crippen MR) is 56.7 cm³/mol. The van der Waals surface area contributed by atoms with E-state index in [2.05, 4.69) is 0 Å². The van der Waals surface area contributed by atoms with Crippen LogP contribution in [0.15, 0.2) is 21.7 Å². The van der Waals surface area contributed by atoms with E-state index >= 15 is 0 Å². The molecule has 0 saturated heterocycles. The smallest absolute Gasteiger partial charge is 0.418 e. The first kappa shape index (κ1) is 14.9. The summed E-state index contributed by atoms with van der Waals surface area (Å²) in [5, 5.41) is 9.93. The molecule has 0 radical (unpaired) electrons. The Morgan fingerprint density at radius 2 is 2.00 bits per heavy atom. The average molecular weight is 303 g/mol. The molecule has 0 aliphatic rings. The maximum atomic E-state index is 12.6. The van der Waals surface area contributed by atoms with Crippen molar-refractivity contribution in [1.29, 1.82) is 0 Å². The SMILES string of the molecule is CC(NS(=O)(=O)c1cccs1)(C(=O)O)C(F)(F)F. The van der Waals surface area contributed by atoms with Gasteiger partial charge in [0.15, 0.2) is 0 Å². The maximum Gasteiger partial charge on any atom is 0.418 e. The molecule has 5 nitrogen and oxygen atoms in total. The van der Waals surface area contributed by atoms with Gasteiger partial charge in [-0.2, -0.15) is 17.9 Å². The van der Waals surface area contributed by atoms with E-state index in [1.54, 1.807) is 0 Å². The van der Waals surface area contributed by atoms with Crippen molar-refractivity contribution in [3.05, 3.63) is 17.5 Å². The zero-order valence-electron chi connectivity index (χ0n) is 8.85. The number of aliphatic carboxylic acids is 1. The van der Waals surface area contributed by atoms with Crippen LogP contribution in [0.2, 0.25) is 0 Å². The molecule has 0 aliphatic heterocycles. The number of thiophene rings is 1. The molecule has 1 rings (SSSR count). The zero-order chi connectivity index (χ0) is 14.2. The Hall–Kier alpha value is -1.13.